The van der Waals surface area contributed by atoms with E-state index in [2.05, 4.69) is 11.2 Å². The van der Waals surface area contributed by atoms with Crippen LogP contribution in [0.25, 0.3) is 22.4 Å². The van der Waals surface area contributed by atoms with E-state index >= 15 is 0 Å². The number of aromatic nitrogens is 1. The Labute approximate surface area is 274 Å². The Morgan fingerprint density at radius 3 is 2.36 bits per heavy atom. The zero-order valence-electron chi connectivity index (χ0n) is 26.7. The highest BCUT2D eigenvalue weighted by molar-refractivity contribution is 6.12. The van der Waals surface area contributed by atoms with Gasteiger partial charge in [-0.15, -0.1) is 12.3 Å². The van der Waals surface area contributed by atoms with Gasteiger partial charge in [0.2, 0.25) is 0 Å². The van der Waals surface area contributed by atoms with Crippen molar-refractivity contribution < 1.29 is 34.0 Å². The molecular weight excluding hydrogens is 599 g/mol. The molecule has 0 bridgehead atoms. The van der Waals surface area contributed by atoms with Gasteiger partial charge >= 0.3 is 5.97 Å². The zero-order valence-corrected chi connectivity index (χ0v) is 26.7. The Morgan fingerprint density at radius 1 is 0.979 bits per heavy atom. The van der Waals surface area contributed by atoms with Crippen molar-refractivity contribution in [2.45, 2.75) is 70.6 Å². The van der Waals surface area contributed by atoms with E-state index < -0.39 is 30.4 Å². The number of anilines is 1. The summed E-state index contributed by atoms with van der Waals surface area (Å²) in [6.07, 6.45) is 4.00. The molecule has 4 rings (SSSR count). The average Bonchev–Trinajstić information content (AvgIpc) is 3.38. The monoisotopic (exact) mass is 640 g/mol. The van der Waals surface area contributed by atoms with Crippen LogP contribution in [0.4, 0.5) is 10.1 Å². The number of amides is 1. The third kappa shape index (κ3) is 9.32. The smallest absolute Gasteiger partial charge is 0.305 e. The third-order valence-corrected chi connectivity index (χ3v) is 7.72. The van der Waals surface area contributed by atoms with Crippen molar-refractivity contribution in [1.29, 1.82) is 0 Å². The van der Waals surface area contributed by atoms with Gasteiger partial charge in [-0.2, -0.15) is 0 Å². The molecule has 3 aromatic carbocycles. The molecule has 4 N–H and O–H groups in total. The molecule has 0 saturated carbocycles. The van der Waals surface area contributed by atoms with Crippen LogP contribution in [-0.2, 0) is 11.3 Å². The van der Waals surface area contributed by atoms with E-state index in [1.807, 2.05) is 60.9 Å². The summed E-state index contributed by atoms with van der Waals surface area (Å²) in [5.41, 5.74) is 4.36. The lowest BCUT2D eigenvalue weighted by Gasteiger charge is -2.20. The second-order valence-electron chi connectivity index (χ2n) is 11.7. The fourth-order valence-corrected chi connectivity index (χ4v) is 5.70. The van der Waals surface area contributed by atoms with E-state index in [0.717, 1.165) is 0 Å². The molecule has 0 aliphatic carbocycles. The summed E-state index contributed by atoms with van der Waals surface area (Å²) in [5, 5.41) is 33.1. The number of carboxylic acids is 1. The number of benzene rings is 3. The van der Waals surface area contributed by atoms with Crippen LogP contribution in [0.1, 0.15) is 67.9 Å². The van der Waals surface area contributed by atoms with Gasteiger partial charge in [-0.3, -0.25) is 9.59 Å². The largest absolute Gasteiger partial charge is 0.494 e. The Bertz CT molecular complexity index is 1690. The lowest BCUT2D eigenvalue weighted by Crippen LogP contribution is -2.22. The number of nitrogens with zero attached hydrogens (tertiary/aromatic N) is 1. The minimum absolute atomic E-state index is 0.121. The van der Waals surface area contributed by atoms with Gasteiger partial charge in [0.15, 0.2) is 0 Å². The number of aliphatic hydroxyl groups is 2. The minimum atomic E-state index is -1.21. The van der Waals surface area contributed by atoms with Crippen LogP contribution in [0.15, 0.2) is 78.9 Å². The van der Waals surface area contributed by atoms with Crippen LogP contribution < -0.4 is 10.1 Å². The number of ether oxygens (including phenoxy) is 1. The van der Waals surface area contributed by atoms with Crippen LogP contribution in [0.5, 0.6) is 5.75 Å². The van der Waals surface area contributed by atoms with Gasteiger partial charge in [-0.1, -0.05) is 44.2 Å². The molecule has 9 heteroatoms. The average molecular weight is 641 g/mol. The number of para-hydroxylation sites is 1. The first kappa shape index (κ1) is 35.0. The SMILES string of the molecule is C#CCCCOc1cccc(-c2c(C(=O)Nc3ccccc3)c(C(C)C)n(CC[C@@H](O)C[C@@H](O)CC(=O)O)c2-c2ccc(F)cc2)c1. The van der Waals surface area contributed by atoms with Crippen molar-refractivity contribution >= 4 is 17.6 Å². The lowest BCUT2D eigenvalue weighted by molar-refractivity contribution is -0.139. The van der Waals surface area contributed by atoms with Crippen molar-refractivity contribution in [3.8, 4) is 40.5 Å². The summed E-state index contributed by atoms with van der Waals surface area (Å²) >= 11 is 0. The van der Waals surface area contributed by atoms with Gasteiger partial charge in [0.25, 0.3) is 5.91 Å². The van der Waals surface area contributed by atoms with E-state index in [1.54, 1.807) is 24.3 Å². The fourth-order valence-electron chi connectivity index (χ4n) is 5.70. The Hall–Kier alpha value is -4.91. The maximum atomic E-state index is 14.3. The molecule has 8 nitrogen and oxygen atoms in total. The Kier molecular flexibility index (Phi) is 12.3. The number of unbranched alkanes of at least 4 members (excludes halogenated alkanes) is 1. The number of carbonyl (C=O) groups excluding carboxylic acids is 1. The van der Waals surface area contributed by atoms with Crippen LogP contribution in [0, 0.1) is 18.2 Å². The van der Waals surface area contributed by atoms with Crippen LogP contribution >= 0.6 is 0 Å². The molecule has 1 aromatic heterocycles. The summed E-state index contributed by atoms with van der Waals surface area (Å²) in [6.45, 7) is 4.60. The maximum Gasteiger partial charge on any atom is 0.305 e. The normalized spacial score (nSPS) is 12.4. The molecule has 246 valence electrons. The van der Waals surface area contributed by atoms with E-state index in [0.29, 0.717) is 64.5 Å². The van der Waals surface area contributed by atoms with E-state index in [-0.39, 0.29) is 31.2 Å². The first-order chi connectivity index (χ1) is 22.6. The molecule has 0 unspecified atom stereocenters. The molecule has 2 atom stereocenters. The molecule has 0 aliphatic rings. The van der Waals surface area contributed by atoms with Crippen molar-refractivity contribution in [1.82, 2.24) is 4.57 Å². The number of carboxylic acid groups (broad SMARTS) is 1. The van der Waals surface area contributed by atoms with Gasteiger partial charge in [0, 0.05) is 29.9 Å². The number of hydrogen-bond donors (Lipinski definition) is 4. The summed E-state index contributed by atoms with van der Waals surface area (Å²) in [6, 6.07) is 22.6. The Morgan fingerprint density at radius 2 is 1.70 bits per heavy atom. The lowest BCUT2D eigenvalue weighted by atomic mass is 9.94. The quantitative estimate of drug-likeness (QED) is 0.0766. The van der Waals surface area contributed by atoms with Crippen molar-refractivity contribution in [3.05, 3.63) is 95.9 Å². The third-order valence-electron chi connectivity index (χ3n) is 7.72. The number of carbonyl (C=O) groups is 2. The van der Waals surface area contributed by atoms with Crippen LogP contribution in [-0.4, -0.2) is 50.6 Å². The number of nitrogens with one attached hydrogen (secondary N) is 1. The maximum absolute atomic E-state index is 14.3. The van der Waals surface area contributed by atoms with Crippen molar-refractivity contribution in [2.24, 2.45) is 0 Å². The first-order valence-corrected chi connectivity index (χ1v) is 15.7. The van der Waals surface area contributed by atoms with E-state index in [4.69, 9.17) is 16.3 Å². The molecule has 1 heterocycles. The molecule has 4 aromatic rings. The standard InChI is InChI=1S/C38H41FN2O6/c1-4-5-9-21-47-32-14-10-11-27(22-32)34-35(38(46)40-29-12-7-6-8-13-29)36(25(2)3)41(37(34)26-15-17-28(39)18-16-26)20-19-30(42)23-31(43)24-33(44)45/h1,6-8,10-18,22,25,30-31,42-43H,5,9,19-21,23-24H2,2-3H3,(H,40,46)(H,44,45)/t30-,31-/m1/s1. The van der Waals surface area contributed by atoms with Crippen molar-refractivity contribution in [2.75, 3.05) is 11.9 Å². The number of aliphatic carboxylic acids is 1. The highest BCUT2D eigenvalue weighted by Gasteiger charge is 2.31. The van der Waals surface area contributed by atoms with Gasteiger partial charge in [-0.25, -0.2) is 4.39 Å². The molecule has 0 aliphatic heterocycles. The second kappa shape index (κ2) is 16.6. The van der Waals surface area contributed by atoms with E-state index in [9.17, 15) is 24.2 Å². The summed E-state index contributed by atoms with van der Waals surface area (Å²) in [7, 11) is 0. The highest BCUT2D eigenvalue weighted by atomic mass is 19.1. The summed E-state index contributed by atoms with van der Waals surface area (Å²) in [4.78, 5) is 25.4. The molecule has 1 amide bonds. The van der Waals surface area contributed by atoms with Gasteiger partial charge in [0.05, 0.1) is 36.5 Å². The Balaban J connectivity index is 1.91. The molecule has 47 heavy (non-hydrogen) atoms. The van der Waals surface area contributed by atoms with Gasteiger partial charge < -0.3 is 29.9 Å². The molecule has 0 saturated heterocycles. The zero-order chi connectivity index (χ0) is 33.9. The van der Waals surface area contributed by atoms with Gasteiger partial charge in [0.1, 0.15) is 11.6 Å². The van der Waals surface area contributed by atoms with Gasteiger partial charge in [-0.05, 0) is 84.8 Å². The van der Waals surface area contributed by atoms with E-state index in [1.165, 1.54) is 12.1 Å². The fraction of sp³-hybridized carbons (Fsp3) is 0.316. The number of halogens is 1. The molecular formula is C38H41FN2O6. The predicted octanol–water partition coefficient (Wildman–Crippen LogP) is 7.11. The number of aliphatic hydroxyl groups excluding tert-OH is 2. The molecule has 0 spiro atoms. The predicted molar refractivity (Wildman–Crippen MR) is 181 cm³/mol. The second-order valence-corrected chi connectivity index (χ2v) is 11.7. The molecule has 0 fully saturated rings. The topological polar surface area (TPSA) is 121 Å². The van der Waals surface area contributed by atoms with Crippen molar-refractivity contribution in [3.63, 3.8) is 0 Å². The molecule has 0 radical (unpaired) electrons. The van der Waals surface area contributed by atoms with Crippen LogP contribution in [0.3, 0.4) is 0 Å². The first-order valence-electron chi connectivity index (χ1n) is 15.7. The highest BCUT2D eigenvalue weighted by Crippen LogP contribution is 2.43. The summed E-state index contributed by atoms with van der Waals surface area (Å²) in [5.74, 6) is 1.13. The number of hydrogen-bond acceptors (Lipinski definition) is 5. The van der Waals surface area contributed by atoms with Crippen LogP contribution in [0.2, 0.25) is 0 Å². The number of terminal acetylenes is 1. The summed E-state index contributed by atoms with van der Waals surface area (Å²) < 4.78 is 22.2. The minimum Gasteiger partial charge on any atom is -0.494 e. The number of rotatable bonds is 16.